The van der Waals surface area contributed by atoms with E-state index in [0.717, 1.165) is 5.56 Å². The molecular formula is C27H32FN3O4S. The number of hydrogen-bond donors (Lipinski definition) is 2. The van der Waals surface area contributed by atoms with E-state index in [9.17, 15) is 17.6 Å². The van der Waals surface area contributed by atoms with Crippen LogP contribution in [0.1, 0.15) is 58.1 Å². The number of aromatic nitrogens is 1. The van der Waals surface area contributed by atoms with Gasteiger partial charge >= 0.3 is 0 Å². The van der Waals surface area contributed by atoms with Crippen molar-refractivity contribution in [3.05, 3.63) is 66.0 Å². The van der Waals surface area contributed by atoms with Gasteiger partial charge in [0.05, 0.1) is 23.1 Å². The summed E-state index contributed by atoms with van der Waals surface area (Å²) in [5.41, 5.74) is 0.895. The Hall–Kier alpha value is -3.04. The molecule has 36 heavy (non-hydrogen) atoms. The van der Waals surface area contributed by atoms with Gasteiger partial charge in [-0.25, -0.2) is 22.5 Å². The van der Waals surface area contributed by atoms with E-state index in [4.69, 9.17) is 4.74 Å². The molecule has 192 valence electrons. The summed E-state index contributed by atoms with van der Waals surface area (Å²) in [5.74, 6) is 0.107. The second-order valence-electron chi connectivity index (χ2n) is 9.64. The zero-order valence-electron chi connectivity index (χ0n) is 20.8. The van der Waals surface area contributed by atoms with E-state index in [1.165, 1.54) is 12.1 Å². The van der Waals surface area contributed by atoms with Gasteiger partial charge in [0.15, 0.2) is 0 Å². The number of sulfonamides is 1. The average Bonchev–Trinajstić information content (AvgIpc) is 2.85. The van der Waals surface area contributed by atoms with Crippen LogP contribution in [0.5, 0.6) is 5.88 Å². The molecule has 1 fully saturated rings. The number of nitrogens with one attached hydrogen (secondary N) is 2. The van der Waals surface area contributed by atoms with Crippen molar-refractivity contribution in [1.82, 2.24) is 15.0 Å². The summed E-state index contributed by atoms with van der Waals surface area (Å²) in [6.45, 7) is 6.16. The Kier molecular flexibility index (Phi) is 7.61. The van der Waals surface area contributed by atoms with Gasteiger partial charge in [0.25, 0.3) is 0 Å². The smallest absolute Gasteiger partial charge is 0.240 e. The fourth-order valence-corrected chi connectivity index (χ4v) is 5.91. The molecule has 0 aliphatic heterocycles. The number of benzene rings is 2. The Bertz CT molecular complexity index is 1340. The van der Waals surface area contributed by atoms with Crippen molar-refractivity contribution >= 4 is 26.8 Å². The van der Waals surface area contributed by atoms with Gasteiger partial charge in [-0.1, -0.05) is 19.1 Å². The van der Waals surface area contributed by atoms with Gasteiger partial charge in [-0.2, -0.15) is 0 Å². The van der Waals surface area contributed by atoms with Crippen LogP contribution in [0.3, 0.4) is 0 Å². The Morgan fingerprint density at radius 1 is 1.14 bits per heavy atom. The van der Waals surface area contributed by atoms with Gasteiger partial charge in [0.1, 0.15) is 5.82 Å². The number of halogens is 1. The normalized spacial score (nSPS) is 21.2. The molecule has 1 aliphatic carbocycles. The summed E-state index contributed by atoms with van der Waals surface area (Å²) >= 11 is 0. The average molecular weight is 514 g/mol. The van der Waals surface area contributed by atoms with Gasteiger partial charge in [-0.3, -0.25) is 4.79 Å². The number of amides is 1. The van der Waals surface area contributed by atoms with Crippen LogP contribution in [0.15, 0.2) is 59.5 Å². The van der Waals surface area contributed by atoms with Crippen molar-refractivity contribution in [2.45, 2.75) is 63.4 Å². The van der Waals surface area contributed by atoms with E-state index in [1.54, 1.807) is 42.5 Å². The number of hydrogen-bond acceptors (Lipinski definition) is 5. The molecule has 2 aromatic carbocycles. The third kappa shape index (κ3) is 5.84. The van der Waals surface area contributed by atoms with Gasteiger partial charge in [-0.15, -0.1) is 0 Å². The van der Waals surface area contributed by atoms with Crippen LogP contribution >= 0.6 is 0 Å². The van der Waals surface area contributed by atoms with Crippen LogP contribution in [-0.4, -0.2) is 32.0 Å². The Morgan fingerprint density at radius 2 is 1.83 bits per heavy atom. The van der Waals surface area contributed by atoms with Gasteiger partial charge in [0, 0.05) is 22.9 Å². The molecule has 1 amide bonds. The second-order valence-corrected chi connectivity index (χ2v) is 11.4. The van der Waals surface area contributed by atoms with Crippen LogP contribution in [0.2, 0.25) is 0 Å². The Balaban J connectivity index is 1.37. The highest BCUT2D eigenvalue weighted by Crippen LogP contribution is 2.37. The zero-order valence-corrected chi connectivity index (χ0v) is 21.6. The molecule has 1 aromatic heterocycles. The molecule has 1 aliphatic rings. The number of rotatable bonds is 8. The first-order valence-corrected chi connectivity index (χ1v) is 13.7. The maximum Gasteiger partial charge on any atom is 0.240 e. The lowest BCUT2D eigenvalue weighted by Crippen LogP contribution is -2.46. The van der Waals surface area contributed by atoms with Gasteiger partial charge in [0.2, 0.25) is 21.8 Å². The second kappa shape index (κ2) is 10.5. The summed E-state index contributed by atoms with van der Waals surface area (Å²) in [7, 11) is -3.73. The molecule has 0 radical (unpaired) electrons. The number of nitrogens with zero attached hydrogens (tertiary/aromatic N) is 1. The van der Waals surface area contributed by atoms with E-state index in [1.807, 2.05) is 20.8 Å². The SMILES string of the molecule is CCOc1ccc2cc(S(=O)(=O)NC3CCC(C)(C(=O)N[C@H](C)c4ccc(F)cc4)CC3)ccc2n1. The molecule has 9 heteroatoms. The lowest BCUT2D eigenvalue weighted by Gasteiger charge is -2.37. The predicted octanol–water partition coefficient (Wildman–Crippen LogP) is 4.88. The molecule has 0 spiro atoms. The van der Waals surface area contributed by atoms with E-state index < -0.39 is 15.4 Å². The van der Waals surface area contributed by atoms with Crippen LogP contribution in [-0.2, 0) is 14.8 Å². The maximum absolute atomic E-state index is 13.2. The molecule has 1 atom stereocenters. The van der Waals surface area contributed by atoms with Crippen LogP contribution in [0.25, 0.3) is 10.9 Å². The molecule has 0 unspecified atom stereocenters. The summed E-state index contributed by atoms with van der Waals surface area (Å²) in [4.78, 5) is 17.6. The number of ether oxygens (including phenoxy) is 1. The third-order valence-corrected chi connectivity index (χ3v) is 8.43. The van der Waals surface area contributed by atoms with E-state index >= 15 is 0 Å². The van der Waals surface area contributed by atoms with Crippen molar-refractivity contribution in [2.75, 3.05) is 6.61 Å². The molecule has 4 rings (SSSR count). The minimum absolute atomic E-state index is 0.0749. The largest absolute Gasteiger partial charge is 0.478 e. The number of fused-ring (bicyclic) bond motifs is 1. The van der Waals surface area contributed by atoms with Crippen molar-refractivity contribution < 1.29 is 22.3 Å². The highest BCUT2D eigenvalue weighted by Gasteiger charge is 2.39. The number of carbonyl (C=O) groups excluding carboxylic acids is 1. The van der Waals surface area contributed by atoms with Crippen molar-refractivity contribution in [1.29, 1.82) is 0 Å². The lowest BCUT2D eigenvalue weighted by atomic mass is 9.73. The predicted molar refractivity (Wildman–Crippen MR) is 137 cm³/mol. The quantitative estimate of drug-likeness (QED) is 0.448. The van der Waals surface area contributed by atoms with Gasteiger partial charge in [-0.05, 0) is 81.5 Å². The third-order valence-electron chi connectivity index (χ3n) is 6.91. The Labute approximate surface area is 211 Å². The molecule has 1 saturated carbocycles. The number of pyridine rings is 1. The monoisotopic (exact) mass is 513 g/mol. The highest BCUT2D eigenvalue weighted by molar-refractivity contribution is 7.89. The molecular weight excluding hydrogens is 481 g/mol. The van der Waals surface area contributed by atoms with Crippen LogP contribution < -0.4 is 14.8 Å². The van der Waals surface area contributed by atoms with Crippen molar-refractivity contribution in [3.8, 4) is 5.88 Å². The maximum atomic E-state index is 13.2. The molecule has 3 aromatic rings. The first kappa shape index (κ1) is 26.0. The van der Waals surface area contributed by atoms with Gasteiger partial charge < -0.3 is 10.1 Å². The standard InChI is InChI=1S/C27H32FN3O4S/c1-4-35-25-12-7-20-17-23(10-11-24(20)30-25)36(33,34)31-22-13-15-27(3,16-14-22)26(32)29-18(2)19-5-8-21(28)9-6-19/h5-12,17-18,22,31H,4,13-16H2,1-3H3,(H,29,32)/t18-,22?,27?/m1/s1. The first-order chi connectivity index (χ1) is 17.1. The fraction of sp³-hybridized carbons (Fsp3) is 0.407. The topological polar surface area (TPSA) is 97.4 Å². The lowest BCUT2D eigenvalue weighted by molar-refractivity contribution is -0.132. The Morgan fingerprint density at radius 3 is 2.50 bits per heavy atom. The minimum atomic E-state index is -3.73. The minimum Gasteiger partial charge on any atom is -0.478 e. The van der Waals surface area contributed by atoms with Crippen molar-refractivity contribution in [2.24, 2.45) is 5.41 Å². The van der Waals surface area contributed by atoms with Crippen molar-refractivity contribution in [3.63, 3.8) is 0 Å². The van der Waals surface area contributed by atoms with E-state index in [-0.39, 0.29) is 28.7 Å². The number of carbonyl (C=O) groups is 1. The molecule has 0 bridgehead atoms. The molecule has 2 N–H and O–H groups in total. The van der Waals surface area contributed by atoms with E-state index in [2.05, 4.69) is 15.0 Å². The fourth-order valence-electron chi connectivity index (χ4n) is 4.57. The summed E-state index contributed by atoms with van der Waals surface area (Å²) in [6.07, 6.45) is 2.23. The highest BCUT2D eigenvalue weighted by atomic mass is 32.2. The van der Waals surface area contributed by atoms with Crippen LogP contribution in [0, 0.1) is 11.2 Å². The molecule has 0 saturated heterocycles. The van der Waals surface area contributed by atoms with Crippen LogP contribution in [0.4, 0.5) is 4.39 Å². The summed E-state index contributed by atoms with van der Waals surface area (Å²) in [6, 6.07) is 13.9. The summed E-state index contributed by atoms with van der Waals surface area (Å²) in [5, 5.41) is 3.74. The summed E-state index contributed by atoms with van der Waals surface area (Å²) < 4.78 is 47.6. The first-order valence-electron chi connectivity index (χ1n) is 12.2. The molecule has 1 heterocycles. The van der Waals surface area contributed by atoms with E-state index in [0.29, 0.717) is 49.1 Å². The molecule has 7 nitrogen and oxygen atoms in total. The zero-order chi connectivity index (χ0) is 25.9.